The monoisotopic (exact) mass is 227 g/mol. The number of ether oxygens (including phenoxy) is 1. The lowest BCUT2D eigenvalue weighted by Crippen LogP contribution is -2.11. The Morgan fingerprint density at radius 3 is 3.07 bits per heavy atom. The van der Waals surface area contributed by atoms with Crippen molar-refractivity contribution in [1.29, 1.82) is 0 Å². The molecule has 1 aliphatic rings. The minimum Gasteiger partial charge on any atom is -0.383 e. The van der Waals surface area contributed by atoms with E-state index in [0.29, 0.717) is 24.3 Å². The molecular formula is C10H14ClN3O. The van der Waals surface area contributed by atoms with Gasteiger partial charge in [-0.1, -0.05) is 11.6 Å². The van der Waals surface area contributed by atoms with Gasteiger partial charge in [-0.15, -0.1) is 0 Å². The first kappa shape index (κ1) is 10.6. The van der Waals surface area contributed by atoms with Gasteiger partial charge in [0.2, 0.25) is 5.95 Å². The molecule has 4 nitrogen and oxygen atoms in total. The molecule has 0 bridgehead atoms. The Labute approximate surface area is 94.0 Å². The van der Waals surface area contributed by atoms with E-state index in [1.165, 1.54) is 0 Å². The van der Waals surface area contributed by atoms with Crippen LogP contribution in [0, 0.1) is 0 Å². The van der Waals surface area contributed by atoms with Gasteiger partial charge in [-0.2, -0.15) is 0 Å². The van der Waals surface area contributed by atoms with Crippen LogP contribution in [0.5, 0.6) is 0 Å². The van der Waals surface area contributed by atoms with Crippen molar-refractivity contribution in [3.05, 3.63) is 16.4 Å². The zero-order valence-electron chi connectivity index (χ0n) is 8.72. The normalized spacial score (nSPS) is 14.0. The number of hydrogen-bond acceptors (Lipinski definition) is 4. The summed E-state index contributed by atoms with van der Waals surface area (Å²) in [6.07, 6.45) is 3.15. The van der Waals surface area contributed by atoms with E-state index in [4.69, 9.17) is 16.3 Å². The predicted molar refractivity (Wildman–Crippen MR) is 59.4 cm³/mol. The van der Waals surface area contributed by atoms with Crippen LogP contribution in [-0.4, -0.2) is 30.2 Å². The second kappa shape index (κ2) is 4.77. The van der Waals surface area contributed by atoms with E-state index in [0.717, 1.165) is 30.5 Å². The van der Waals surface area contributed by atoms with Crippen LogP contribution in [0.15, 0.2) is 0 Å². The molecule has 0 aliphatic heterocycles. The summed E-state index contributed by atoms with van der Waals surface area (Å²) in [7, 11) is 1.66. The van der Waals surface area contributed by atoms with Crippen molar-refractivity contribution in [3.8, 4) is 0 Å². The number of methoxy groups -OCH3 is 1. The van der Waals surface area contributed by atoms with Gasteiger partial charge in [0.15, 0.2) is 0 Å². The second-order valence-electron chi connectivity index (χ2n) is 3.54. The lowest BCUT2D eigenvalue weighted by Gasteiger charge is -2.07. The van der Waals surface area contributed by atoms with E-state index >= 15 is 0 Å². The van der Waals surface area contributed by atoms with E-state index in [9.17, 15) is 0 Å². The molecule has 15 heavy (non-hydrogen) atoms. The van der Waals surface area contributed by atoms with Crippen LogP contribution >= 0.6 is 11.6 Å². The molecule has 1 heterocycles. The summed E-state index contributed by atoms with van der Waals surface area (Å²) in [5.41, 5.74) is 2.21. The first-order chi connectivity index (χ1) is 7.31. The average Bonchev–Trinajstić information content (AvgIpc) is 2.66. The third-order valence-electron chi connectivity index (χ3n) is 2.47. The zero-order valence-corrected chi connectivity index (χ0v) is 9.47. The molecule has 0 radical (unpaired) electrons. The molecule has 1 N–H and O–H groups in total. The van der Waals surface area contributed by atoms with Crippen molar-refractivity contribution in [2.24, 2.45) is 0 Å². The molecule has 1 aliphatic carbocycles. The van der Waals surface area contributed by atoms with Crippen molar-refractivity contribution >= 4 is 17.5 Å². The molecule has 0 atom stereocenters. The molecule has 0 amide bonds. The quantitative estimate of drug-likeness (QED) is 0.628. The van der Waals surface area contributed by atoms with Gasteiger partial charge >= 0.3 is 0 Å². The molecule has 0 spiro atoms. The minimum atomic E-state index is 0.595. The highest BCUT2D eigenvalue weighted by Crippen LogP contribution is 2.26. The van der Waals surface area contributed by atoms with E-state index in [1.807, 2.05) is 0 Å². The fourth-order valence-corrected chi connectivity index (χ4v) is 2.01. The molecule has 82 valence electrons. The summed E-state index contributed by atoms with van der Waals surface area (Å²) < 4.78 is 4.94. The zero-order chi connectivity index (χ0) is 10.7. The maximum atomic E-state index is 6.07. The molecular weight excluding hydrogens is 214 g/mol. The van der Waals surface area contributed by atoms with Crippen LogP contribution in [0.25, 0.3) is 0 Å². The Bertz CT molecular complexity index is 357. The van der Waals surface area contributed by atoms with Crippen LogP contribution in [-0.2, 0) is 17.6 Å². The highest BCUT2D eigenvalue weighted by molar-refractivity contribution is 6.30. The van der Waals surface area contributed by atoms with Crippen LogP contribution < -0.4 is 5.32 Å². The molecule has 0 fully saturated rings. The largest absolute Gasteiger partial charge is 0.383 e. The van der Waals surface area contributed by atoms with E-state index in [1.54, 1.807) is 7.11 Å². The highest BCUT2D eigenvalue weighted by atomic mass is 35.5. The van der Waals surface area contributed by atoms with Gasteiger partial charge in [0, 0.05) is 19.2 Å². The smallest absolute Gasteiger partial charge is 0.224 e. The first-order valence-electron chi connectivity index (χ1n) is 5.09. The molecule has 0 aromatic carbocycles. The number of halogens is 1. The average molecular weight is 228 g/mol. The first-order valence-corrected chi connectivity index (χ1v) is 5.47. The number of aryl methyl sites for hydroxylation is 1. The van der Waals surface area contributed by atoms with Crippen LogP contribution in [0.2, 0.25) is 5.15 Å². The van der Waals surface area contributed by atoms with Gasteiger partial charge in [-0.05, 0) is 19.3 Å². The molecule has 2 rings (SSSR count). The van der Waals surface area contributed by atoms with Crippen molar-refractivity contribution in [1.82, 2.24) is 9.97 Å². The number of hydrogen-bond donors (Lipinski definition) is 1. The Hall–Kier alpha value is -0.870. The minimum absolute atomic E-state index is 0.595. The molecule has 0 saturated heterocycles. The molecule has 1 aromatic rings. The van der Waals surface area contributed by atoms with E-state index < -0.39 is 0 Å². The maximum absolute atomic E-state index is 6.07. The summed E-state index contributed by atoms with van der Waals surface area (Å²) in [6.45, 7) is 1.34. The Kier molecular flexibility index (Phi) is 3.38. The van der Waals surface area contributed by atoms with E-state index in [2.05, 4.69) is 15.3 Å². The number of fused-ring (bicyclic) bond motifs is 1. The third kappa shape index (κ3) is 2.38. The highest BCUT2D eigenvalue weighted by Gasteiger charge is 2.17. The summed E-state index contributed by atoms with van der Waals surface area (Å²) in [6, 6.07) is 0. The summed E-state index contributed by atoms with van der Waals surface area (Å²) in [5.74, 6) is 0.609. The lowest BCUT2D eigenvalue weighted by atomic mass is 10.3. The van der Waals surface area contributed by atoms with Crippen molar-refractivity contribution in [2.75, 3.05) is 25.6 Å². The Balaban J connectivity index is 2.09. The summed E-state index contributed by atoms with van der Waals surface area (Å²) in [4.78, 5) is 8.63. The van der Waals surface area contributed by atoms with Crippen molar-refractivity contribution in [3.63, 3.8) is 0 Å². The Morgan fingerprint density at radius 1 is 1.40 bits per heavy atom. The van der Waals surface area contributed by atoms with Crippen LogP contribution in [0.3, 0.4) is 0 Å². The Morgan fingerprint density at radius 2 is 2.27 bits per heavy atom. The fourth-order valence-electron chi connectivity index (χ4n) is 1.73. The fraction of sp³-hybridized carbons (Fsp3) is 0.600. The van der Waals surface area contributed by atoms with Gasteiger partial charge in [0.05, 0.1) is 12.3 Å². The standard InChI is InChI=1S/C10H14ClN3O/c1-15-6-5-12-10-13-8-4-2-3-7(8)9(11)14-10/h2-6H2,1H3,(H,12,13,14). The van der Waals surface area contributed by atoms with Crippen LogP contribution in [0.1, 0.15) is 17.7 Å². The van der Waals surface area contributed by atoms with Crippen molar-refractivity contribution in [2.45, 2.75) is 19.3 Å². The van der Waals surface area contributed by atoms with Gasteiger partial charge in [-0.25, -0.2) is 9.97 Å². The number of nitrogens with zero attached hydrogens (tertiary/aromatic N) is 2. The molecule has 5 heteroatoms. The second-order valence-corrected chi connectivity index (χ2v) is 3.89. The van der Waals surface area contributed by atoms with Gasteiger partial charge in [0.25, 0.3) is 0 Å². The number of nitrogens with one attached hydrogen (secondary N) is 1. The predicted octanol–water partition coefficient (Wildman–Crippen LogP) is 1.68. The van der Waals surface area contributed by atoms with Gasteiger partial charge < -0.3 is 10.1 Å². The number of rotatable bonds is 4. The van der Waals surface area contributed by atoms with Crippen molar-refractivity contribution < 1.29 is 4.74 Å². The van der Waals surface area contributed by atoms with Gasteiger partial charge in [-0.3, -0.25) is 0 Å². The van der Waals surface area contributed by atoms with Crippen LogP contribution in [0.4, 0.5) is 5.95 Å². The maximum Gasteiger partial charge on any atom is 0.224 e. The molecule has 1 aromatic heterocycles. The molecule has 0 unspecified atom stereocenters. The molecule has 0 saturated carbocycles. The number of anilines is 1. The van der Waals surface area contributed by atoms with E-state index in [-0.39, 0.29) is 0 Å². The summed E-state index contributed by atoms with van der Waals surface area (Å²) in [5, 5.41) is 3.68. The number of aromatic nitrogens is 2. The SMILES string of the molecule is COCCNc1nc(Cl)c2c(n1)CCC2. The third-order valence-corrected chi connectivity index (χ3v) is 2.78. The lowest BCUT2D eigenvalue weighted by molar-refractivity contribution is 0.210. The van der Waals surface area contributed by atoms with Gasteiger partial charge in [0.1, 0.15) is 5.15 Å². The topological polar surface area (TPSA) is 47.0 Å². The summed E-state index contributed by atoms with van der Waals surface area (Å²) >= 11 is 6.07.